The molecule has 1 atom stereocenters. The number of amides is 2. The molecule has 0 aromatic carbocycles. The molecule has 7 heteroatoms. The zero-order valence-electron chi connectivity index (χ0n) is 13.1. The molecule has 0 saturated carbocycles. The van der Waals surface area contributed by atoms with Gasteiger partial charge in [0.1, 0.15) is 11.5 Å². The molecule has 0 aliphatic carbocycles. The molecule has 5 nitrogen and oxygen atoms in total. The van der Waals surface area contributed by atoms with Gasteiger partial charge in [0.15, 0.2) is 0 Å². The van der Waals surface area contributed by atoms with E-state index >= 15 is 0 Å². The minimum atomic E-state index is -0.461. The molecule has 0 radical (unpaired) electrons. The Morgan fingerprint density at radius 2 is 2.17 bits per heavy atom. The lowest BCUT2D eigenvalue weighted by Gasteiger charge is -2.27. The normalized spacial score (nSPS) is 17.1. The molecule has 122 valence electrons. The van der Waals surface area contributed by atoms with Crippen molar-refractivity contribution < 1.29 is 14.5 Å². The smallest absolute Gasteiger partial charge is 0.266 e. The number of fused-ring (bicyclic) bond motifs is 1. The number of rotatable bonds is 4. The van der Waals surface area contributed by atoms with Crippen LogP contribution in [-0.2, 0) is 13.0 Å². The van der Waals surface area contributed by atoms with Crippen LogP contribution < -0.4 is 16.0 Å². The first-order valence-electron chi connectivity index (χ1n) is 7.61. The fourth-order valence-corrected chi connectivity index (χ4v) is 4.83. The van der Waals surface area contributed by atoms with E-state index in [-0.39, 0.29) is 5.91 Å². The van der Waals surface area contributed by atoms with E-state index in [9.17, 15) is 9.59 Å². The highest BCUT2D eigenvalue weighted by Crippen LogP contribution is 2.35. The molecule has 4 N–H and O–H groups in total. The van der Waals surface area contributed by atoms with E-state index in [1.54, 1.807) is 6.07 Å². The van der Waals surface area contributed by atoms with Gasteiger partial charge in [-0.15, -0.1) is 22.7 Å². The number of primary amides is 1. The van der Waals surface area contributed by atoms with Crippen molar-refractivity contribution >= 4 is 39.5 Å². The average molecular weight is 350 g/mol. The number of quaternary nitrogens is 1. The Hall–Kier alpha value is -1.70. The van der Waals surface area contributed by atoms with Gasteiger partial charge in [-0.25, -0.2) is 0 Å². The number of anilines is 1. The van der Waals surface area contributed by atoms with Crippen LogP contribution in [0.15, 0.2) is 17.5 Å². The molecule has 0 spiro atoms. The fourth-order valence-electron chi connectivity index (χ4n) is 2.91. The van der Waals surface area contributed by atoms with E-state index in [0.717, 1.165) is 30.0 Å². The Labute approximate surface area is 143 Å². The number of carbonyl (C=O) groups is 2. The lowest BCUT2D eigenvalue weighted by atomic mass is 10.0. The zero-order chi connectivity index (χ0) is 16.6. The van der Waals surface area contributed by atoms with Gasteiger partial charge in [0, 0.05) is 6.42 Å². The minimum Gasteiger partial charge on any atom is -0.365 e. The summed E-state index contributed by atoms with van der Waals surface area (Å²) in [7, 11) is 0. The molecular weight excluding hydrogens is 330 g/mol. The van der Waals surface area contributed by atoms with E-state index in [1.165, 1.54) is 27.6 Å². The first-order chi connectivity index (χ1) is 11.0. The van der Waals surface area contributed by atoms with Crippen LogP contribution in [0, 0.1) is 0 Å². The lowest BCUT2D eigenvalue weighted by Crippen LogP contribution is -3.14. The second-order valence-electron chi connectivity index (χ2n) is 5.99. The number of nitrogens with two attached hydrogens (primary N) is 1. The van der Waals surface area contributed by atoms with Crippen molar-refractivity contribution in [1.82, 2.24) is 0 Å². The van der Waals surface area contributed by atoms with Crippen molar-refractivity contribution in [2.75, 3.05) is 11.9 Å². The van der Waals surface area contributed by atoms with Crippen molar-refractivity contribution in [2.24, 2.45) is 5.73 Å². The minimum absolute atomic E-state index is 0.186. The quantitative estimate of drug-likeness (QED) is 0.782. The molecule has 2 aromatic heterocycles. The third kappa shape index (κ3) is 3.17. The summed E-state index contributed by atoms with van der Waals surface area (Å²) in [4.78, 5) is 27.5. The second-order valence-corrected chi connectivity index (χ2v) is 8.05. The third-order valence-electron chi connectivity index (χ3n) is 4.21. The lowest BCUT2D eigenvalue weighted by molar-refractivity contribution is -0.936. The number of nitrogens with one attached hydrogen (secondary N) is 2. The number of thiophene rings is 2. The Morgan fingerprint density at radius 1 is 1.39 bits per heavy atom. The van der Waals surface area contributed by atoms with Crippen LogP contribution in [0.5, 0.6) is 0 Å². The summed E-state index contributed by atoms with van der Waals surface area (Å²) < 4.78 is 0. The highest BCUT2D eigenvalue weighted by atomic mass is 32.1. The summed E-state index contributed by atoms with van der Waals surface area (Å²) >= 11 is 2.86. The number of carbonyl (C=O) groups excluding carboxylic acids is 2. The van der Waals surface area contributed by atoms with Crippen molar-refractivity contribution in [3.8, 4) is 0 Å². The Bertz CT molecular complexity index is 735. The monoisotopic (exact) mass is 350 g/mol. The summed E-state index contributed by atoms with van der Waals surface area (Å²) in [6.07, 6.45) is 0.826. The zero-order valence-corrected chi connectivity index (χ0v) is 14.8. The molecule has 1 unspecified atom stereocenters. The summed E-state index contributed by atoms with van der Waals surface area (Å²) in [5, 5.41) is 5.32. The molecule has 0 bridgehead atoms. The SMILES string of the molecule is CC(C)[NH+]1CCc2c(sc(NC(=O)c3cccs3)c2C(N)=O)C1. The van der Waals surface area contributed by atoms with E-state index in [4.69, 9.17) is 5.73 Å². The van der Waals surface area contributed by atoms with Gasteiger partial charge < -0.3 is 16.0 Å². The highest BCUT2D eigenvalue weighted by Gasteiger charge is 2.30. The fraction of sp³-hybridized carbons (Fsp3) is 0.375. The molecule has 0 saturated heterocycles. The maximum Gasteiger partial charge on any atom is 0.266 e. The van der Waals surface area contributed by atoms with Crippen molar-refractivity contribution in [3.05, 3.63) is 38.4 Å². The number of hydrogen-bond acceptors (Lipinski definition) is 4. The van der Waals surface area contributed by atoms with Crippen LogP contribution >= 0.6 is 22.7 Å². The first-order valence-corrected chi connectivity index (χ1v) is 9.30. The molecule has 2 aromatic rings. The Kier molecular flexibility index (Phi) is 4.52. The summed E-state index contributed by atoms with van der Waals surface area (Å²) in [6, 6.07) is 4.13. The summed E-state index contributed by atoms with van der Waals surface area (Å²) in [5.74, 6) is -0.647. The summed E-state index contributed by atoms with van der Waals surface area (Å²) in [6.45, 7) is 6.26. The van der Waals surface area contributed by atoms with Crippen LogP contribution in [0.3, 0.4) is 0 Å². The van der Waals surface area contributed by atoms with Crippen LogP contribution in [0.1, 0.15) is 44.3 Å². The molecule has 1 aliphatic rings. The standard InChI is InChI=1S/C16H19N3O2S2/c1-9(2)19-6-5-10-12(8-19)23-16(13(10)14(17)20)18-15(21)11-4-3-7-22-11/h3-4,7,9H,5-6,8H2,1-2H3,(H2,17,20)(H,18,21)/p+1. The average Bonchev–Trinajstić information content (AvgIpc) is 3.13. The molecular formula is C16H20N3O2S2+. The van der Waals surface area contributed by atoms with Gasteiger partial charge >= 0.3 is 0 Å². The maximum absolute atomic E-state index is 12.3. The van der Waals surface area contributed by atoms with Crippen molar-refractivity contribution in [2.45, 2.75) is 32.9 Å². The third-order valence-corrected chi connectivity index (χ3v) is 6.23. The van der Waals surface area contributed by atoms with Crippen LogP contribution in [0.4, 0.5) is 5.00 Å². The van der Waals surface area contributed by atoms with Crippen LogP contribution in [0.2, 0.25) is 0 Å². The van der Waals surface area contributed by atoms with Gasteiger partial charge in [0.05, 0.1) is 27.9 Å². The van der Waals surface area contributed by atoms with E-state index < -0.39 is 5.91 Å². The van der Waals surface area contributed by atoms with Gasteiger partial charge in [-0.05, 0) is 30.9 Å². The van der Waals surface area contributed by atoms with Gasteiger partial charge in [0.2, 0.25) is 0 Å². The van der Waals surface area contributed by atoms with Crippen molar-refractivity contribution in [3.63, 3.8) is 0 Å². The first kappa shape index (κ1) is 16.2. The molecule has 1 aliphatic heterocycles. The Morgan fingerprint density at radius 3 is 2.78 bits per heavy atom. The maximum atomic E-state index is 12.3. The summed E-state index contributed by atoms with van der Waals surface area (Å²) in [5.41, 5.74) is 7.10. The van der Waals surface area contributed by atoms with Gasteiger partial charge in [-0.1, -0.05) is 6.07 Å². The van der Waals surface area contributed by atoms with Crippen molar-refractivity contribution in [1.29, 1.82) is 0 Å². The van der Waals surface area contributed by atoms with E-state index in [2.05, 4.69) is 19.2 Å². The van der Waals surface area contributed by atoms with Crippen LogP contribution in [-0.4, -0.2) is 24.4 Å². The molecule has 3 heterocycles. The second kappa shape index (κ2) is 6.43. The Balaban J connectivity index is 1.92. The van der Waals surface area contributed by atoms with Crippen LogP contribution in [0.25, 0.3) is 0 Å². The van der Waals surface area contributed by atoms with Gasteiger partial charge in [-0.2, -0.15) is 0 Å². The molecule has 2 amide bonds. The molecule has 0 fully saturated rings. The molecule has 23 heavy (non-hydrogen) atoms. The predicted octanol–water partition coefficient (Wildman–Crippen LogP) is 1.51. The van der Waals surface area contributed by atoms with E-state index in [1.807, 2.05) is 11.4 Å². The predicted molar refractivity (Wildman–Crippen MR) is 93.5 cm³/mol. The highest BCUT2D eigenvalue weighted by molar-refractivity contribution is 7.17. The largest absolute Gasteiger partial charge is 0.365 e. The number of hydrogen-bond donors (Lipinski definition) is 3. The van der Waals surface area contributed by atoms with Gasteiger partial charge in [-0.3, -0.25) is 9.59 Å². The van der Waals surface area contributed by atoms with E-state index in [0.29, 0.717) is 21.5 Å². The van der Waals surface area contributed by atoms with Gasteiger partial charge in [0.25, 0.3) is 11.8 Å². The topological polar surface area (TPSA) is 76.6 Å². The molecule has 3 rings (SSSR count).